The molecule has 4 heteroatoms. The second kappa shape index (κ2) is 3.10. The number of hydrogen-bond donors (Lipinski definition) is 1. The Kier molecular flexibility index (Phi) is 1.92. The standard InChI is InChI=1S/C12H15N3S/c1-8-7-12(14-11(13)15(8)2)5-3-9-4-6-16-10(9)12/h4,6H,1,3,5,7H2,2H3,(H2,13,14). The van der Waals surface area contributed by atoms with Crippen LogP contribution in [-0.2, 0) is 12.0 Å². The van der Waals surface area contributed by atoms with Gasteiger partial charge in [0.25, 0.3) is 0 Å². The highest BCUT2D eigenvalue weighted by molar-refractivity contribution is 7.10. The maximum absolute atomic E-state index is 5.97. The van der Waals surface area contributed by atoms with Crippen LogP contribution in [0.5, 0.6) is 0 Å². The normalized spacial score (nSPS) is 28.4. The molecule has 16 heavy (non-hydrogen) atoms. The fraction of sp³-hybridized carbons (Fsp3) is 0.417. The Balaban J connectivity index is 2.12. The van der Waals surface area contributed by atoms with E-state index in [0.717, 1.165) is 25.0 Å². The molecule has 84 valence electrons. The van der Waals surface area contributed by atoms with Gasteiger partial charge in [-0.1, -0.05) is 6.58 Å². The predicted molar refractivity (Wildman–Crippen MR) is 67.5 cm³/mol. The molecule has 0 bridgehead atoms. The molecule has 2 heterocycles. The highest BCUT2D eigenvalue weighted by Crippen LogP contribution is 2.48. The summed E-state index contributed by atoms with van der Waals surface area (Å²) in [4.78, 5) is 8.01. The number of aryl methyl sites for hydroxylation is 1. The van der Waals surface area contributed by atoms with E-state index in [2.05, 4.69) is 18.0 Å². The van der Waals surface area contributed by atoms with E-state index >= 15 is 0 Å². The van der Waals surface area contributed by atoms with Gasteiger partial charge in [-0.2, -0.15) is 0 Å². The van der Waals surface area contributed by atoms with Gasteiger partial charge in [0.2, 0.25) is 0 Å². The first-order chi connectivity index (χ1) is 7.62. The second-order valence-electron chi connectivity index (χ2n) is 4.58. The molecule has 0 saturated heterocycles. The van der Waals surface area contributed by atoms with Gasteiger partial charge in [0.05, 0.1) is 0 Å². The van der Waals surface area contributed by atoms with Crippen LogP contribution in [0.4, 0.5) is 0 Å². The fourth-order valence-electron chi connectivity index (χ4n) is 2.62. The summed E-state index contributed by atoms with van der Waals surface area (Å²) in [7, 11) is 1.93. The molecule has 1 unspecified atom stereocenters. The third-order valence-corrected chi connectivity index (χ3v) is 4.77. The van der Waals surface area contributed by atoms with Crippen LogP contribution in [0.2, 0.25) is 0 Å². The maximum Gasteiger partial charge on any atom is 0.196 e. The van der Waals surface area contributed by atoms with Crippen molar-refractivity contribution in [3.05, 3.63) is 34.2 Å². The quantitative estimate of drug-likeness (QED) is 0.745. The topological polar surface area (TPSA) is 41.6 Å². The number of rotatable bonds is 0. The van der Waals surface area contributed by atoms with Crippen LogP contribution >= 0.6 is 11.3 Å². The molecule has 0 radical (unpaired) electrons. The van der Waals surface area contributed by atoms with E-state index in [-0.39, 0.29) is 5.54 Å². The zero-order valence-corrected chi connectivity index (χ0v) is 10.2. The van der Waals surface area contributed by atoms with Crippen molar-refractivity contribution < 1.29 is 0 Å². The van der Waals surface area contributed by atoms with Gasteiger partial charge in [0, 0.05) is 24.0 Å². The Morgan fingerprint density at radius 1 is 1.62 bits per heavy atom. The number of fused-ring (bicyclic) bond motifs is 2. The molecule has 3 nitrogen and oxygen atoms in total. The monoisotopic (exact) mass is 233 g/mol. The summed E-state index contributed by atoms with van der Waals surface area (Å²) in [6.07, 6.45) is 3.09. The molecule has 0 amide bonds. The van der Waals surface area contributed by atoms with Crippen molar-refractivity contribution in [2.45, 2.75) is 24.8 Å². The number of nitrogens with two attached hydrogens (primary N) is 1. The predicted octanol–water partition coefficient (Wildman–Crippen LogP) is 2.05. The van der Waals surface area contributed by atoms with Gasteiger partial charge in [-0.05, 0) is 29.9 Å². The van der Waals surface area contributed by atoms with Crippen molar-refractivity contribution in [2.75, 3.05) is 7.05 Å². The van der Waals surface area contributed by atoms with Gasteiger partial charge >= 0.3 is 0 Å². The van der Waals surface area contributed by atoms with Gasteiger partial charge in [0.15, 0.2) is 5.96 Å². The molecule has 1 aliphatic heterocycles. The lowest BCUT2D eigenvalue weighted by molar-refractivity contribution is 0.374. The minimum absolute atomic E-state index is 0.100. The van der Waals surface area contributed by atoms with Gasteiger partial charge < -0.3 is 10.6 Å². The summed E-state index contributed by atoms with van der Waals surface area (Å²) in [6.45, 7) is 4.09. The van der Waals surface area contributed by atoms with Crippen LogP contribution in [0.15, 0.2) is 28.7 Å². The van der Waals surface area contributed by atoms with Crippen molar-refractivity contribution in [3.63, 3.8) is 0 Å². The van der Waals surface area contributed by atoms with Crippen LogP contribution in [0, 0.1) is 0 Å². The molecule has 2 aliphatic rings. The molecule has 2 N–H and O–H groups in total. The van der Waals surface area contributed by atoms with E-state index in [1.54, 1.807) is 11.3 Å². The molecule has 1 aliphatic carbocycles. The third kappa shape index (κ3) is 1.16. The van der Waals surface area contributed by atoms with Gasteiger partial charge in [-0.15, -0.1) is 11.3 Å². The van der Waals surface area contributed by atoms with Gasteiger partial charge in [0.1, 0.15) is 5.54 Å². The average Bonchev–Trinajstić information content (AvgIpc) is 2.80. The molecule has 1 spiro atoms. The summed E-state index contributed by atoms with van der Waals surface area (Å²) in [5.74, 6) is 0.595. The number of aliphatic imine (C=N–C) groups is 1. The van der Waals surface area contributed by atoms with Crippen molar-refractivity contribution >= 4 is 17.3 Å². The minimum atomic E-state index is -0.100. The van der Waals surface area contributed by atoms with Crippen LogP contribution in [0.3, 0.4) is 0 Å². The van der Waals surface area contributed by atoms with E-state index in [4.69, 9.17) is 10.7 Å². The average molecular weight is 233 g/mol. The van der Waals surface area contributed by atoms with E-state index in [0.29, 0.717) is 5.96 Å². The number of hydrogen-bond acceptors (Lipinski definition) is 4. The lowest BCUT2D eigenvalue weighted by Crippen LogP contribution is -2.42. The Bertz CT molecular complexity index is 488. The van der Waals surface area contributed by atoms with Crippen molar-refractivity contribution in [3.8, 4) is 0 Å². The molecular weight excluding hydrogens is 218 g/mol. The molecule has 1 aromatic rings. The summed E-state index contributed by atoms with van der Waals surface area (Å²) >= 11 is 1.80. The Hall–Kier alpha value is -1.29. The van der Waals surface area contributed by atoms with Gasteiger partial charge in [-0.3, -0.25) is 0 Å². The largest absolute Gasteiger partial charge is 0.370 e. The maximum atomic E-state index is 5.97. The molecule has 0 aromatic carbocycles. The molecule has 3 rings (SSSR count). The smallest absolute Gasteiger partial charge is 0.196 e. The van der Waals surface area contributed by atoms with E-state index in [1.807, 2.05) is 11.9 Å². The lowest BCUT2D eigenvalue weighted by atomic mass is 9.91. The van der Waals surface area contributed by atoms with Crippen molar-refractivity contribution in [1.29, 1.82) is 0 Å². The highest BCUT2D eigenvalue weighted by Gasteiger charge is 2.43. The second-order valence-corrected chi connectivity index (χ2v) is 5.49. The van der Waals surface area contributed by atoms with Crippen molar-refractivity contribution in [1.82, 2.24) is 4.90 Å². The third-order valence-electron chi connectivity index (χ3n) is 3.62. The summed E-state index contributed by atoms with van der Waals surface area (Å²) in [5, 5.41) is 2.15. The first-order valence-electron chi connectivity index (χ1n) is 5.46. The summed E-state index contributed by atoms with van der Waals surface area (Å²) in [5.41, 5.74) is 8.38. The van der Waals surface area contributed by atoms with Gasteiger partial charge in [-0.25, -0.2) is 4.99 Å². The number of nitrogens with zero attached hydrogens (tertiary/aromatic N) is 2. The zero-order chi connectivity index (χ0) is 11.3. The van der Waals surface area contributed by atoms with Crippen LogP contribution in [0.25, 0.3) is 0 Å². The zero-order valence-electron chi connectivity index (χ0n) is 9.36. The summed E-state index contributed by atoms with van der Waals surface area (Å²) < 4.78 is 0. The van der Waals surface area contributed by atoms with E-state index < -0.39 is 0 Å². The van der Waals surface area contributed by atoms with Crippen LogP contribution in [0.1, 0.15) is 23.3 Å². The summed E-state index contributed by atoms with van der Waals surface area (Å²) in [6, 6.07) is 2.21. The minimum Gasteiger partial charge on any atom is -0.370 e. The highest BCUT2D eigenvalue weighted by atomic mass is 32.1. The van der Waals surface area contributed by atoms with Crippen LogP contribution in [-0.4, -0.2) is 17.9 Å². The number of guanidine groups is 1. The first kappa shape index (κ1) is 9.90. The molecule has 0 saturated carbocycles. The van der Waals surface area contributed by atoms with Crippen LogP contribution < -0.4 is 5.73 Å². The van der Waals surface area contributed by atoms with E-state index in [9.17, 15) is 0 Å². The Labute approximate surface area is 99.3 Å². The van der Waals surface area contributed by atoms with Crippen molar-refractivity contribution in [2.24, 2.45) is 10.7 Å². The lowest BCUT2D eigenvalue weighted by Gasteiger charge is -2.36. The fourth-order valence-corrected chi connectivity index (χ4v) is 3.75. The Morgan fingerprint density at radius 3 is 3.19 bits per heavy atom. The molecule has 1 aromatic heterocycles. The SMILES string of the molecule is C=C1CC2(CCc3ccsc32)N=C(N)N1C. The Morgan fingerprint density at radius 2 is 2.44 bits per heavy atom. The molecule has 1 atom stereocenters. The van der Waals surface area contributed by atoms with E-state index in [1.165, 1.54) is 10.4 Å². The first-order valence-corrected chi connectivity index (χ1v) is 6.34. The molecular formula is C12H15N3S. The number of thiophene rings is 1. The molecule has 0 fully saturated rings.